The number of carbonyl (C=O) groups is 3. The minimum absolute atomic E-state index is 0.0793. The molecular weight excluding hydrogens is 368 g/mol. The molecule has 29 heavy (non-hydrogen) atoms. The van der Waals surface area contributed by atoms with Gasteiger partial charge in [-0.3, -0.25) is 9.59 Å². The second-order valence-electron chi connectivity index (χ2n) is 7.52. The molecule has 1 amide bonds. The number of benzene rings is 1. The van der Waals surface area contributed by atoms with Gasteiger partial charge in [0, 0.05) is 29.4 Å². The molecule has 0 unspecified atom stereocenters. The van der Waals surface area contributed by atoms with Crippen LogP contribution in [0.4, 0.5) is 0 Å². The molecule has 1 aromatic heterocycles. The molecule has 2 aromatic rings. The topological polar surface area (TPSA) is 68.6 Å². The van der Waals surface area contributed by atoms with Crippen LogP contribution in [0.5, 0.6) is 0 Å². The molecular formula is C23H28N2O4. The van der Waals surface area contributed by atoms with Crippen molar-refractivity contribution in [2.24, 2.45) is 0 Å². The van der Waals surface area contributed by atoms with Crippen LogP contribution in [-0.2, 0) is 11.3 Å². The molecule has 1 fully saturated rings. The Morgan fingerprint density at radius 2 is 1.79 bits per heavy atom. The molecule has 1 aromatic carbocycles. The highest BCUT2D eigenvalue weighted by Crippen LogP contribution is 2.33. The number of amides is 1. The number of esters is 1. The lowest BCUT2D eigenvalue weighted by molar-refractivity contribution is 0.0586. The smallest absolute Gasteiger partial charge is 0.354 e. The summed E-state index contributed by atoms with van der Waals surface area (Å²) < 4.78 is 6.73. The van der Waals surface area contributed by atoms with Crippen LogP contribution in [-0.4, -0.2) is 46.3 Å². The molecule has 0 bridgehead atoms. The van der Waals surface area contributed by atoms with E-state index in [-0.39, 0.29) is 17.7 Å². The molecule has 0 aliphatic heterocycles. The predicted molar refractivity (Wildman–Crippen MR) is 110 cm³/mol. The number of nitrogens with zero attached hydrogens (tertiary/aromatic N) is 2. The molecule has 0 saturated heterocycles. The third-order valence-corrected chi connectivity index (χ3v) is 5.70. The number of hydrogen-bond acceptors (Lipinski definition) is 4. The molecule has 1 aliphatic carbocycles. The van der Waals surface area contributed by atoms with Crippen LogP contribution in [0.2, 0.25) is 0 Å². The van der Waals surface area contributed by atoms with Crippen LogP contribution >= 0.6 is 0 Å². The molecule has 0 N–H and O–H groups in total. The lowest BCUT2D eigenvalue weighted by atomic mass is 9.99. The summed E-state index contributed by atoms with van der Waals surface area (Å²) in [4.78, 5) is 40.7. The van der Waals surface area contributed by atoms with Gasteiger partial charge >= 0.3 is 5.97 Å². The Hall–Kier alpha value is -2.89. The SMILES string of the molecule is CCn1c(C)c(C(=O)[C@H](C)N(C(=O)c2ccccc2)C2CC2)c(C)c1C(=O)OC. The van der Waals surface area contributed by atoms with E-state index in [0.717, 1.165) is 18.5 Å². The van der Waals surface area contributed by atoms with E-state index in [9.17, 15) is 14.4 Å². The van der Waals surface area contributed by atoms with E-state index in [4.69, 9.17) is 4.74 Å². The molecule has 1 aliphatic rings. The number of aromatic nitrogens is 1. The van der Waals surface area contributed by atoms with Gasteiger partial charge in [-0.1, -0.05) is 18.2 Å². The Balaban J connectivity index is 2.00. The first-order chi connectivity index (χ1) is 13.8. The van der Waals surface area contributed by atoms with Gasteiger partial charge in [0.2, 0.25) is 0 Å². The van der Waals surface area contributed by atoms with Gasteiger partial charge in [0.05, 0.1) is 13.2 Å². The van der Waals surface area contributed by atoms with Crippen molar-refractivity contribution in [1.82, 2.24) is 9.47 Å². The summed E-state index contributed by atoms with van der Waals surface area (Å²) in [6.07, 6.45) is 1.80. The van der Waals surface area contributed by atoms with Crippen molar-refractivity contribution in [3.05, 3.63) is 58.4 Å². The summed E-state index contributed by atoms with van der Waals surface area (Å²) in [6.45, 7) is 7.86. The minimum atomic E-state index is -0.620. The first-order valence-corrected chi connectivity index (χ1v) is 10.0. The van der Waals surface area contributed by atoms with E-state index in [2.05, 4.69) is 0 Å². The average molecular weight is 396 g/mol. The number of carbonyl (C=O) groups excluding carboxylic acids is 3. The lowest BCUT2D eigenvalue weighted by Gasteiger charge is -2.29. The van der Waals surface area contributed by atoms with E-state index < -0.39 is 12.0 Å². The summed E-state index contributed by atoms with van der Waals surface area (Å²) in [7, 11) is 1.33. The van der Waals surface area contributed by atoms with E-state index >= 15 is 0 Å². The Morgan fingerprint density at radius 1 is 1.17 bits per heavy atom. The Morgan fingerprint density at radius 3 is 2.31 bits per heavy atom. The second kappa shape index (κ2) is 8.23. The minimum Gasteiger partial charge on any atom is -0.464 e. The van der Waals surface area contributed by atoms with E-state index in [1.165, 1.54) is 7.11 Å². The molecule has 3 rings (SSSR count). The summed E-state index contributed by atoms with van der Waals surface area (Å²) in [5, 5.41) is 0. The summed E-state index contributed by atoms with van der Waals surface area (Å²) in [5.74, 6) is -0.737. The van der Waals surface area contributed by atoms with E-state index in [1.807, 2.05) is 36.6 Å². The number of hydrogen-bond donors (Lipinski definition) is 0. The van der Waals surface area contributed by atoms with Gasteiger partial charge in [0.25, 0.3) is 5.91 Å². The number of methoxy groups -OCH3 is 1. The van der Waals surface area contributed by atoms with Crippen molar-refractivity contribution in [3.8, 4) is 0 Å². The van der Waals surface area contributed by atoms with Gasteiger partial charge in [-0.15, -0.1) is 0 Å². The van der Waals surface area contributed by atoms with Crippen molar-refractivity contribution in [2.45, 2.75) is 59.2 Å². The van der Waals surface area contributed by atoms with Crippen molar-refractivity contribution < 1.29 is 19.1 Å². The predicted octanol–water partition coefficient (Wildman–Crippen LogP) is 3.79. The fourth-order valence-electron chi connectivity index (χ4n) is 4.09. The first kappa shape index (κ1) is 20.8. The Kier molecular flexibility index (Phi) is 5.91. The highest BCUT2D eigenvalue weighted by Gasteiger charge is 2.40. The monoisotopic (exact) mass is 396 g/mol. The van der Waals surface area contributed by atoms with Crippen molar-refractivity contribution in [1.29, 1.82) is 0 Å². The second-order valence-corrected chi connectivity index (χ2v) is 7.52. The van der Waals surface area contributed by atoms with Crippen molar-refractivity contribution >= 4 is 17.7 Å². The van der Waals surface area contributed by atoms with Crippen molar-refractivity contribution in [3.63, 3.8) is 0 Å². The summed E-state index contributed by atoms with van der Waals surface area (Å²) in [6, 6.07) is 8.51. The maximum atomic E-state index is 13.5. The van der Waals surface area contributed by atoms with Gasteiger partial charge in [0.15, 0.2) is 5.78 Å². The largest absolute Gasteiger partial charge is 0.464 e. The van der Waals surface area contributed by atoms with Crippen LogP contribution in [0.25, 0.3) is 0 Å². The van der Waals surface area contributed by atoms with Gasteiger partial charge in [-0.25, -0.2) is 4.79 Å². The highest BCUT2D eigenvalue weighted by atomic mass is 16.5. The zero-order chi connectivity index (χ0) is 21.3. The molecule has 0 spiro atoms. The van der Waals surface area contributed by atoms with Gasteiger partial charge in [-0.2, -0.15) is 0 Å². The Bertz CT molecular complexity index is 942. The first-order valence-electron chi connectivity index (χ1n) is 10.0. The molecule has 6 heteroatoms. The Labute approximate surface area is 171 Å². The highest BCUT2D eigenvalue weighted by molar-refractivity contribution is 6.07. The maximum absolute atomic E-state index is 13.5. The molecule has 1 saturated carbocycles. The van der Waals surface area contributed by atoms with Gasteiger partial charge < -0.3 is 14.2 Å². The van der Waals surface area contributed by atoms with Crippen LogP contribution in [0.1, 0.15) is 69.2 Å². The molecule has 0 radical (unpaired) electrons. The lowest BCUT2D eigenvalue weighted by Crippen LogP contribution is -2.45. The maximum Gasteiger partial charge on any atom is 0.354 e. The zero-order valence-electron chi connectivity index (χ0n) is 17.7. The zero-order valence-corrected chi connectivity index (χ0v) is 17.7. The van der Waals surface area contributed by atoms with Gasteiger partial charge in [-0.05, 0) is 58.2 Å². The molecule has 1 heterocycles. The fraction of sp³-hybridized carbons (Fsp3) is 0.435. The molecule has 6 nitrogen and oxygen atoms in total. The number of ketones is 1. The average Bonchev–Trinajstić information content (AvgIpc) is 3.52. The van der Waals surface area contributed by atoms with Crippen LogP contribution < -0.4 is 0 Å². The number of rotatable bonds is 7. The third kappa shape index (κ3) is 3.71. The van der Waals surface area contributed by atoms with Crippen LogP contribution in [0, 0.1) is 13.8 Å². The van der Waals surface area contributed by atoms with E-state index in [0.29, 0.717) is 28.9 Å². The molecule has 1 atom stereocenters. The summed E-state index contributed by atoms with van der Waals surface area (Å²) >= 11 is 0. The quantitative estimate of drug-likeness (QED) is 0.527. The normalized spacial score (nSPS) is 14.4. The number of Topliss-reactive ketones (excluding diaryl/α,β-unsaturated/α-hetero) is 1. The van der Waals surface area contributed by atoms with Crippen LogP contribution in [0.3, 0.4) is 0 Å². The third-order valence-electron chi connectivity index (χ3n) is 5.70. The molecule has 154 valence electrons. The summed E-state index contributed by atoms with van der Waals surface area (Å²) in [5.41, 5.74) is 2.82. The van der Waals surface area contributed by atoms with Gasteiger partial charge in [0.1, 0.15) is 5.69 Å². The van der Waals surface area contributed by atoms with E-state index in [1.54, 1.807) is 30.9 Å². The van der Waals surface area contributed by atoms with Crippen LogP contribution in [0.15, 0.2) is 30.3 Å². The standard InChI is InChI=1S/C23H28N2O4/c1-6-24-15(3)19(14(2)20(24)23(28)29-5)21(26)16(4)25(18-12-13-18)22(27)17-10-8-7-9-11-17/h7-11,16,18H,6,12-13H2,1-5H3/t16-/m0/s1. The number of ether oxygens (including phenoxy) is 1. The fourth-order valence-corrected chi connectivity index (χ4v) is 4.09. The van der Waals surface area contributed by atoms with Crippen molar-refractivity contribution in [2.75, 3.05) is 7.11 Å².